The van der Waals surface area contributed by atoms with E-state index in [1.165, 1.54) is 24.8 Å². The summed E-state index contributed by atoms with van der Waals surface area (Å²) in [5.41, 5.74) is 1.87. The lowest BCUT2D eigenvalue weighted by molar-refractivity contribution is 0.0770. The largest absolute Gasteiger partial charge is 0.367 e. The van der Waals surface area contributed by atoms with Crippen molar-refractivity contribution in [2.45, 2.75) is 38.1 Å². The minimum atomic E-state index is -3.00. The first-order valence-corrected chi connectivity index (χ1v) is 12.6. The Balaban J connectivity index is 1.38. The topological polar surface area (TPSA) is 79.4 Å². The number of carbonyl (C=O) groups is 1. The van der Waals surface area contributed by atoms with Gasteiger partial charge in [-0.2, -0.15) is 0 Å². The number of anilines is 1. The van der Waals surface area contributed by atoms with E-state index >= 15 is 0 Å². The van der Waals surface area contributed by atoms with Crippen LogP contribution in [0, 0.1) is 5.92 Å². The van der Waals surface area contributed by atoms with Crippen molar-refractivity contribution < 1.29 is 13.2 Å². The van der Waals surface area contributed by atoms with Gasteiger partial charge in [0.25, 0.3) is 5.91 Å². The number of sulfone groups is 1. The summed E-state index contributed by atoms with van der Waals surface area (Å²) in [6, 6.07) is 14.6. The van der Waals surface area contributed by atoms with E-state index in [-0.39, 0.29) is 30.5 Å². The van der Waals surface area contributed by atoms with Gasteiger partial charge in [-0.3, -0.25) is 4.79 Å². The van der Waals surface area contributed by atoms with Crippen LogP contribution in [0.5, 0.6) is 0 Å². The van der Waals surface area contributed by atoms with E-state index in [4.69, 9.17) is 0 Å². The summed E-state index contributed by atoms with van der Waals surface area (Å²) in [6.07, 6.45) is 7.48. The molecule has 2 atom stereocenters. The van der Waals surface area contributed by atoms with Crippen LogP contribution < -0.4 is 5.32 Å². The molecule has 6 nitrogen and oxygen atoms in total. The number of hydrogen-bond donors (Lipinski definition) is 1. The van der Waals surface area contributed by atoms with Gasteiger partial charge in [-0.05, 0) is 42.9 Å². The first-order chi connectivity index (χ1) is 14.5. The first kappa shape index (κ1) is 20.8. The van der Waals surface area contributed by atoms with Gasteiger partial charge in [-0.15, -0.1) is 0 Å². The smallest absolute Gasteiger partial charge is 0.255 e. The molecule has 1 aromatic heterocycles. The third-order valence-electron chi connectivity index (χ3n) is 6.23. The lowest BCUT2D eigenvalue weighted by Crippen LogP contribution is -2.43. The Hall–Kier alpha value is -2.41. The van der Waals surface area contributed by atoms with Crippen molar-refractivity contribution in [3.63, 3.8) is 0 Å². The highest BCUT2D eigenvalue weighted by molar-refractivity contribution is 7.91. The molecule has 2 fully saturated rings. The molecule has 0 radical (unpaired) electrons. The molecule has 2 aromatic rings. The average Bonchev–Trinajstić information content (AvgIpc) is 2.76. The van der Waals surface area contributed by atoms with Crippen molar-refractivity contribution in [2.75, 3.05) is 29.9 Å². The maximum Gasteiger partial charge on any atom is 0.255 e. The fourth-order valence-corrected chi connectivity index (χ4v) is 5.65. The summed E-state index contributed by atoms with van der Waals surface area (Å²) in [6.45, 7) is 0.509. The zero-order valence-corrected chi connectivity index (χ0v) is 18.0. The number of hydrogen-bond acceptors (Lipinski definition) is 5. The number of carbonyl (C=O) groups excluding carboxylic acids is 1. The molecule has 1 saturated heterocycles. The minimum Gasteiger partial charge on any atom is -0.367 e. The average molecular weight is 428 g/mol. The first-order valence-electron chi connectivity index (χ1n) is 10.8. The third kappa shape index (κ3) is 5.19. The van der Waals surface area contributed by atoms with Gasteiger partial charge in [0.05, 0.1) is 17.1 Å². The lowest BCUT2D eigenvalue weighted by atomic mass is 9.80. The molecule has 1 aromatic carbocycles. The Bertz CT molecular complexity index is 947. The van der Waals surface area contributed by atoms with E-state index in [1.54, 1.807) is 17.2 Å². The van der Waals surface area contributed by atoms with Crippen LogP contribution in [-0.2, 0) is 16.3 Å². The summed E-state index contributed by atoms with van der Waals surface area (Å²) >= 11 is 0. The van der Waals surface area contributed by atoms with Gasteiger partial charge in [0.15, 0.2) is 9.84 Å². The summed E-state index contributed by atoms with van der Waals surface area (Å²) in [7, 11) is -3.00. The molecule has 2 heterocycles. The fourth-order valence-electron chi connectivity index (χ4n) is 4.45. The van der Waals surface area contributed by atoms with Crippen molar-refractivity contribution in [3.05, 3.63) is 59.8 Å². The molecule has 2 unspecified atom stereocenters. The Morgan fingerprint density at radius 1 is 1.03 bits per heavy atom. The van der Waals surface area contributed by atoms with E-state index in [0.717, 1.165) is 18.7 Å². The Morgan fingerprint density at radius 2 is 1.77 bits per heavy atom. The normalized spacial score (nSPS) is 23.7. The second-order valence-corrected chi connectivity index (χ2v) is 10.7. The summed E-state index contributed by atoms with van der Waals surface area (Å²) in [5, 5.41) is 3.59. The van der Waals surface area contributed by atoms with Crippen LogP contribution in [0.15, 0.2) is 48.7 Å². The van der Waals surface area contributed by atoms with Crippen LogP contribution in [0.1, 0.15) is 41.6 Å². The van der Waals surface area contributed by atoms with Gasteiger partial charge < -0.3 is 10.2 Å². The van der Waals surface area contributed by atoms with E-state index < -0.39 is 9.84 Å². The maximum atomic E-state index is 12.6. The van der Waals surface area contributed by atoms with Crippen LogP contribution >= 0.6 is 0 Å². The molecule has 160 valence electrons. The van der Waals surface area contributed by atoms with Crippen LogP contribution in [-0.4, -0.2) is 54.8 Å². The SMILES string of the molecule is O=C(c1ccc(NC2CCCCC2Cc2ccccc2)nc1)N1CCS(=O)(=O)CC1. The van der Waals surface area contributed by atoms with E-state index in [0.29, 0.717) is 17.5 Å². The van der Waals surface area contributed by atoms with E-state index in [2.05, 4.69) is 40.6 Å². The van der Waals surface area contributed by atoms with Gasteiger partial charge in [0.2, 0.25) is 0 Å². The van der Waals surface area contributed by atoms with Crippen LogP contribution in [0.4, 0.5) is 5.82 Å². The standard InChI is InChI=1S/C23H29N3O3S/c27-23(26-12-14-30(28,29)15-13-26)20-10-11-22(24-17-20)25-21-9-5-4-8-19(21)16-18-6-2-1-3-7-18/h1-3,6-7,10-11,17,19,21H,4-5,8-9,12-16H2,(H,24,25). The zero-order chi connectivity index (χ0) is 21.0. The molecule has 1 saturated carbocycles. The van der Waals surface area contributed by atoms with Crippen molar-refractivity contribution >= 4 is 21.6 Å². The van der Waals surface area contributed by atoms with Crippen molar-refractivity contribution in [3.8, 4) is 0 Å². The van der Waals surface area contributed by atoms with Gasteiger partial charge >= 0.3 is 0 Å². The summed E-state index contributed by atoms with van der Waals surface area (Å²) in [4.78, 5) is 18.7. The number of nitrogens with zero attached hydrogens (tertiary/aromatic N) is 2. The van der Waals surface area contributed by atoms with E-state index in [9.17, 15) is 13.2 Å². The van der Waals surface area contributed by atoms with Crippen LogP contribution in [0.25, 0.3) is 0 Å². The molecule has 1 N–H and O–H groups in total. The molecule has 0 bridgehead atoms. The van der Waals surface area contributed by atoms with Crippen molar-refractivity contribution in [2.24, 2.45) is 5.92 Å². The summed E-state index contributed by atoms with van der Waals surface area (Å²) in [5.74, 6) is 1.29. The molecular weight excluding hydrogens is 398 g/mol. The van der Waals surface area contributed by atoms with Crippen LogP contribution in [0.3, 0.4) is 0 Å². The highest BCUT2D eigenvalue weighted by atomic mass is 32.2. The third-order valence-corrected chi connectivity index (χ3v) is 7.83. The van der Waals surface area contributed by atoms with Crippen LogP contribution in [0.2, 0.25) is 0 Å². The number of rotatable bonds is 5. The molecule has 1 aliphatic carbocycles. The Labute approximate surface area is 178 Å². The highest BCUT2D eigenvalue weighted by Crippen LogP contribution is 2.29. The predicted octanol–water partition coefficient (Wildman–Crippen LogP) is 3.17. The maximum absolute atomic E-state index is 12.6. The molecule has 30 heavy (non-hydrogen) atoms. The minimum absolute atomic E-state index is 0.0380. The predicted molar refractivity (Wildman–Crippen MR) is 118 cm³/mol. The molecule has 0 spiro atoms. The number of aromatic nitrogens is 1. The van der Waals surface area contributed by atoms with Gasteiger partial charge in [0, 0.05) is 25.3 Å². The molecule has 4 rings (SSSR count). The molecule has 7 heteroatoms. The number of benzene rings is 1. The highest BCUT2D eigenvalue weighted by Gasteiger charge is 2.27. The van der Waals surface area contributed by atoms with Crippen molar-refractivity contribution in [1.29, 1.82) is 0 Å². The quantitative estimate of drug-likeness (QED) is 0.793. The molecule has 2 aliphatic rings. The van der Waals surface area contributed by atoms with Gasteiger partial charge in [-0.25, -0.2) is 13.4 Å². The molecular formula is C23H29N3O3S. The number of amides is 1. The second kappa shape index (κ2) is 9.16. The monoisotopic (exact) mass is 427 g/mol. The number of nitrogens with one attached hydrogen (secondary N) is 1. The zero-order valence-electron chi connectivity index (χ0n) is 17.2. The van der Waals surface area contributed by atoms with Gasteiger partial charge in [0.1, 0.15) is 5.82 Å². The molecule has 1 aliphatic heterocycles. The van der Waals surface area contributed by atoms with Gasteiger partial charge in [-0.1, -0.05) is 43.2 Å². The van der Waals surface area contributed by atoms with E-state index in [1.807, 2.05) is 6.07 Å². The Morgan fingerprint density at radius 3 is 2.47 bits per heavy atom. The number of pyridine rings is 1. The molecule has 1 amide bonds. The lowest BCUT2D eigenvalue weighted by Gasteiger charge is -2.33. The second-order valence-electron chi connectivity index (χ2n) is 8.36. The van der Waals surface area contributed by atoms with Crippen molar-refractivity contribution in [1.82, 2.24) is 9.88 Å². The Kier molecular flexibility index (Phi) is 6.37. The summed E-state index contributed by atoms with van der Waals surface area (Å²) < 4.78 is 23.1. The fraction of sp³-hybridized carbons (Fsp3) is 0.478.